The standard InChI is InChI=1S/C11H20O/c1-7-4-3-5-9-10(7)6-8(2)11(9)12/h7-12H,3-6H2,1-2H3/t7?,8-,9+,10?,11-/m1/s1. The van der Waals surface area contributed by atoms with Crippen LogP contribution < -0.4 is 0 Å². The van der Waals surface area contributed by atoms with E-state index in [2.05, 4.69) is 13.8 Å². The van der Waals surface area contributed by atoms with Gasteiger partial charge in [-0.3, -0.25) is 0 Å². The third-order valence-corrected chi connectivity index (χ3v) is 4.14. The van der Waals surface area contributed by atoms with Crippen molar-refractivity contribution >= 4 is 0 Å². The van der Waals surface area contributed by atoms with Crippen LogP contribution in [0.25, 0.3) is 0 Å². The molecule has 0 saturated heterocycles. The summed E-state index contributed by atoms with van der Waals surface area (Å²) in [5, 5.41) is 9.91. The lowest BCUT2D eigenvalue weighted by Crippen LogP contribution is -2.28. The van der Waals surface area contributed by atoms with E-state index in [1.807, 2.05) is 0 Å². The van der Waals surface area contributed by atoms with Crippen LogP contribution in [0.5, 0.6) is 0 Å². The Labute approximate surface area is 75.2 Å². The third-order valence-electron chi connectivity index (χ3n) is 4.14. The molecule has 0 radical (unpaired) electrons. The number of hydrogen-bond donors (Lipinski definition) is 1. The highest BCUT2D eigenvalue weighted by Gasteiger charge is 2.43. The van der Waals surface area contributed by atoms with Crippen LogP contribution in [0.15, 0.2) is 0 Å². The van der Waals surface area contributed by atoms with E-state index in [0.29, 0.717) is 11.8 Å². The predicted octanol–water partition coefficient (Wildman–Crippen LogP) is 2.44. The lowest BCUT2D eigenvalue weighted by atomic mass is 9.74. The molecule has 2 rings (SSSR count). The van der Waals surface area contributed by atoms with E-state index in [9.17, 15) is 5.11 Å². The Morgan fingerprint density at radius 3 is 2.42 bits per heavy atom. The van der Waals surface area contributed by atoms with E-state index in [1.54, 1.807) is 0 Å². The molecule has 1 N–H and O–H groups in total. The summed E-state index contributed by atoms with van der Waals surface area (Å²) in [6, 6.07) is 0. The van der Waals surface area contributed by atoms with Crippen LogP contribution in [0.3, 0.4) is 0 Å². The summed E-state index contributed by atoms with van der Waals surface area (Å²) in [7, 11) is 0. The maximum Gasteiger partial charge on any atom is 0.0596 e. The number of hydrogen-bond acceptors (Lipinski definition) is 1. The molecule has 0 bridgehead atoms. The Morgan fingerprint density at radius 1 is 1.00 bits per heavy atom. The molecular formula is C11H20O. The van der Waals surface area contributed by atoms with Crippen molar-refractivity contribution in [2.45, 2.75) is 45.6 Å². The monoisotopic (exact) mass is 168 g/mol. The molecule has 0 amide bonds. The largest absolute Gasteiger partial charge is 0.393 e. The van der Waals surface area contributed by atoms with Gasteiger partial charge >= 0.3 is 0 Å². The van der Waals surface area contributed by atoms with Gasteiger partial charge in [0.2, 0.25) is 0 Å². The summed E-state index contributed by atoms with van der Waals surface area (Å²) in [4.78, 5) is 0. The van der Waals surface area contributed by atoms with E-state index >= 15 is 0 Å². The van der Waals surface area contributed by atoms with E-state index < -0.39 is 0 Å². The van der Waals surface area contributed by atoms with Crippen LogP contribution in [-0.2, 0) is 0 Å². The number of rotatable bonds is 0. The smallest absolute Gasteiger partial charge is 0.0596 e. The lowest BCUT2D eigenvalue weighted by Gasteiger charge is -2.32. The molecular weight excluding hydrogens is 148 g/mol. The molecule has 2 fully saturated rings. The van der Waals surface area contributed by atoms with Crippen LogP contribution in [0, 0.1) is 23.7 Å². The minimum absolute atomic E-state index is 0.0118. The highest BCUT2D eigenvalue weighted by atomic mass is 16.3. The highest BCUT2D eigenvalue weighted by molar-refractivity contribution is 4.93. The van der Waals surface area contributed by atoms with E-state index in [-0.39, 0.29) is 6.10 Å². The van der Waals surface area contributed by atoms with E-state index in [0.717, 1.165) is 11.8 Å². The lowest BCUT2D eigenvalue weighted by molar-refractivity contribution is 0.0606. The van der Waals surface area contributed by atoms with Crippen LogP contribution in [0.2, 0.25) is 0 Å². The van der Waals surface area contributed by atoms with Gasteiger partial charge in [0, 0.05) is 0 Å². The summed E-state index contributed by atoms with van der Waals surface area (Å²) in [5.74, 6) is 2.90. The van der Waals surface area contributed by atoms with Gasteiger partial charge in [0.15, 0.2) is 0 Å². The van der Waals surface area contributed by atoms with E-state index in [4.69, 9.17) is 0 Å². The van der Waals surface area contributed by atoms with Gasteiger partial charge in [0.1, 0.15) is 0 Å². The van der Waals surface area contributed by atoms with Crippen molar-refractivity contribution in [3.63, 3.8) is 0 Å². The van der Waals surface area contributed by atoms with Gasteiger partial charge in [-0.2, -0.15) is 0 Å². The zero-order valence-electron chi connectivity index (χ0n) is 8.16. The van der Waals surface area contributed by atoms with Gasteiger partial charge in [-0.1, -0.05) is 26.7 Å². The summed E-state index contributed by atoms with van der Waals surface area (Å²) in [6.07, 6.45) is 5.29. The quantitative estimate of drug-likeness (QED) is 0.589. The summed E-state index contributed by atoms with van der Waals surface area (Å²) in [5.41, 5.74) is 0. The molecule has 0 aromatic heterocycles. The van der Waals surface area contributed by atoms with Crippen LogP contribution in [-0.4, -0.2) is 11.2 Å². The molecule has 2 aliphatic carbocycles. The van der Waals surface area contributed by atoms with Gasteiger partial charge in [0.05, 0.1) is 6.10 Å². The van der Waals surface area contributed by atoms with Crippen molar-refractivity contribution < 1.29 is 5.11 Å². The highest BCUT2D eigenvalue weighted by Crippen LogP contribution is 2.47. The Balaban J connectivity index is 2.10. The normalized spacial score (nSPS) is 53.8. The third kappa shape index (κ3) is 1.19. The van der Waals surface area contributed by atoms with Crippen LogP contribution in [0.4, 0.5) is 0 Å². The topological polar surface area (TPSA) is 20.2 Å². The zero-order valence-corrected chi connectivity index (χ0v) is 8.16. The SMILES string of the molecule is CC1CCC[C@H]2C1C[C@@H](C)[C@H]2O. The second-order valence-corrected chi connectivity index (χ2v) is 4.94. The average Bonchev–Trinajstić information content (AvgIpc) is 2.32. The average molecular weight is 168 g/mol. The minimum Gasteiger partial charge on any atom is -0.393 e. The minimum atomic E-state index is 0.0118. The maximum absolute atomic E-state index is 9.91. The molecule has 5 atom stereocenters. The Morgan fingerprint density at radius 2 is 1.75 bits per heavy atom. The van der Waals surface area contributed by atoms with Gasteiger partial charge in [-0.15, -0.1) is 0 Å². The second-order valence-electron chi connectivity index (χ2n) is 4.94. The molecule has 2 saturated carbocycles. The molecule has 1 nitrogen and oxygen atoms in total. The molecule has 0 aromatic carbocycles. The van der Waals surface area contributed by atoms with Crippen LogP contribution >= 0.6 is 0 Å². The molecule has 2 aliphatic rings. The first-order chi connectivity index (χ1) is 5.70. The molecule has 0 spiro atoms. The van der Waals surface area contributed by atoms with Gasteiger partial charge in [-0.05, 0) is 36.5 Å². The zero-order chi connectivity index (χ0) is 8.72. The number of aliphatic hydroxyl groups excluding tert-OH is 1. The first kappa shape index (κ1) is 8.55. The van der Waals surface area contributed by atoms with Crippen molar-refractivity contribution in [2.75, 3.05) is 0 Å². The molecule has 2 unspecified atom stereocenters. The van der Waals surface area contributed by atoms with Crippen molar-refractivity contribution in [3.8, 4) is 0 Å². The summed E-state index contributed by atoms with van der Waals surface area (Å²) in [6.45, 7) is 4.57. The molecule has 12 heavy (non-hydrogen) atoms. The van der Waals surface area contributed by atoms with Gasteiger partial charge in [0.25, 0.3) is 0 Å². The molecule has 0 heterocycles. The second kappa shape index (κ2) is 3.02. The fraction of sp³-hybridized carbons (Fsp3) is 1.00. The molecule has 0 aromatic rings. The summed E-state index contributed by atoms with van der Waals surface area (Å²) >= 11 is 0. The maximum atomic E-state index is 9.91. The van der Waals surface area contributed by atoms with Crippen molar-refractivity contribution in [1.29, 1.82) is 0 Å². The van der Waals surface area contributed by atoms with Gasteiger partial charge in [-0.25, -0.2) is 0 Å². The first-order valence-corrected chi connectivity index (χ1v) is 5.38. The first-order valence-electron chi connectivity index (χ1n) is 5.38. The van der Waals surface area contributed by atoms with Crippen molar-refractivity contribution in [1.82, 2.24) is 0 Å². The number of aliphatic hydroxyl groups is 1. The van der Waals surface area contributed by atoms with Gasteiger partial charge < -0.3 is 5.11 Å². The molecule has 0 aliphatic heterocycles. The molecule has 70 valence electrons. The van der Waals surface area contributed by atoms with Crippen molar-refractivity contribution in [3.05, 3.63) is 0 Å². The fourth-order valence-corrected chi connectivity index (χ4v) is 3.35. The Hall–Kier alpha value is -0.0400. The van der Waals surface area contributed by atoms with Crippen LogP contribution in [0.1, 0.15) is 39.5 Å². The molecule has 1 heteroatoms. The summed E-state index contributed by atoms with van der Waals surface area (Å²) < 4.78 is 0. The fourth-order valence-electron chi connectivity index (χ4n) is 3.35. The number of fused-ring (bicyclic) bond motifs is 1. The predicted molar refractivity (Wildman–Crippen MR) is 49.8 cm³/mol. The Kier molecular flexibility index (Phi) is 2.16. The van der Waals surface area contributed by atoms with E-state index in [1.165, 1.54) is 25.7 Å². The van der Waals surface area contributed by atoms with Crippen molar-refractivity contribution in [2.24, 2.45) is 23.7 Å². The Bertz CT molecular complexity index is 166.